The van der Waals surface area contributed by atoms with Crippen LogP contribution in [0, 0.1) is 0 Å². The van der Waals surface area contributed by atoms with E-state index < -0.39 is 11.7 Å². The summed E-state index contributed by atoms with van der Waals surface area (Å²) in [4.78, 5) is 11.8. The Hall–Kier alpha value is -3.75. The molecule has 1 aromatic heterocycles. The van der Waals surface area contributed by atoms with E-state index in [0.29, 0.717) is 29.8 Å². The van der Waals surface area contributed by atoms with Gasteiger partial charge in [-0.25, -0.2) is 9.36 Å². The molecule has 33 heavy (non-hydrogen) atoms. The van der Waals surface area contributed by atoms with Crippen LogP contribution in [0.2, 0.25) is 0 Å². The number of nitrogens with one attached hydrogen (secondary N) is 1. The van der Waals surface area contributed by atoms with Crippen LogP contribution in [0.15, 0.2) is 36.4 Å². The smallest absolute Gasteiger partial charge is 0.407 e. The molecule has 9 nitrogen and oxygen atoms in total. The number of phenols is 2. The minimum absolute atomic E-state index is 0.00844. The zero-order chi connectivity index (χ0) is 24.3. The molecule has 0 unspecified atom stereocenters. The SMILES string of the molecule is CC(C)c1cc(-c2nnc(O)n2-c2ccc(CCNC(=O)OC(C)(C)C)cc2)c(O)cc1O. The summed E-state index contributed by atoms with van der Waals surface area (Å²) in [5, 5.41) is 41.4. The van der Waals surface area contributed by atoms with Gasteiger partial charge in [-0.1, -0.05) is 31.1 Å². The lowest BCUT2D eigenvalue weighted by Crippen LogP contribution is -2.33. The Morgan fingerprint density at radius 1 is 1.06 bits per heavy atom. The molecule has 0 aliphatic heterocycles. The van der Waals surface area contributed by atoms with Crippen molar-refractivity contribution in [3.05, 3.63) is 47.5 Å². The van der Waals surface area contributed by atoms with Gasteiger partial charge in [-0.3, -0.25) is 0 Å². The van der Waals surface area contributed by atoms with Crippen molar-refractivity contribution < 1.29 is 24.9 Å². The van der Waals surface area contributed by atoms with Crippen molar-refractivity contribution in [2.24, 2.45) is 0 Å². The summed E-state index contributed by atoms with van der Waals surface area (Å²) in [5.74, 6) is 0.0791. The molecule has 0 radical (unpaired) electrons. The predicted molar refractivity (Wildman–Crippen MR) is 124 cm³/mol. The van der Waals surface area contributed by atoms with Gasteiger partial charge in [0.1, 0.15) is 17.1 Å². The molecule has 1 heterocycles. The van der Waals surface area contributed by atoms with Crippen molar-refractivity contribution in [3.63, 3.8) is 0 Å². The number of hydrogen-bond acceptors (Lipinski definition) is 7. The van der Waals surface area contributed by atoms with Crippen LogP contribution in [0.1, 0.15) is 51.7 Å². The lowest BCUT2D eigenvalue weighted by molar-refractivity contribution is 0.0528. The molecule has 0 saturated heterocycles. The van der Waals surface area contributed by atoms with Crippen LogP contribution in [0.4, 0.5) is 4.79 Å². The molecular weight excluding hydrogens is 424 g/mol. The maximum atomic E-state index is 11.8. The summed E-state index contributed by atoms with van der Waals surface area (Å²) >= 11 is 0. The van der Waals surface area contributed by atoms with Gasteiger partial charge in [-0.15, -0.1) is 5.10 Å². The van der Waals surface area contributed by atoms with E-state index in [0.717, 1.165) is 5.56 Å². The van der Waals surface area contributed by atoms with Crippen LogP contribution >= 0.6 is 0 Å². The van der Waals surface area contributed by atoms with E-state index in [1.807, 2.05) is 46.8 Å². The van der Waals surface area contributed by atoms with E-state index in [2.05, 4.69) is 15.5 Å². The number of alkyl carbamates (subject to hydrolysis) is 1. The number of carbonyl (C=O) groups is 1. The third-order valence-corrected chi connectivity index (χ3v) is 4.93. The van der Waals surface area contributed by atoms with Crippen LogP contribution in [-0.2, 0) is 11.2 Å². The Bertz CT molecular complexity index is 1130. The second-order valence-corrected chi connectivity index (χ2v) is 9.09. The number of rotatable bonds is 6. The topological polar surface area (TPSA) is 130 Å². The van der Waals surface area contributed by atoms with Gasteiger partial charge in [0.2, 0.25) is 0 Å². The average Bonchev–Trinajstić information content (AvgIpc) is 3.08. The van der Waals surface area contributed by atoms with Gasteiger partial charge in [0.25, 0.3) is 0 Å². The molecular formula is C24H30N4O5. The molecule has 0 fully saturated rings. The Balaban J connectivity index is 1.80. The van der Waals surface area contributed by atoms with Gasteiger partial charge in [0.05, 0.1) is 11.3 Å². The van der Waals surface area contributed by atoms with E-state index in [1.165, 1.54) is 10.6 Å². The highest BCUT2D eigenvalue weighted by Crippen LogP contribution is 2.38. The van der Waals surface area contributed by atoms with E-state index in [-0.39, 0.29) is 29.3 Å². The molecule has 0 aliphatic carbocycles. The standard InChI is InChI=1S/C24H30N4O5/c1-14(2)17-12-18(20(30)13-19(17)29)21-26-27-22(31)28(21)16-8-6-15(7-9-16)10-11-25-23(32)33-24(3,4)5/h6-9,12-14,29-30H,10-11H2,1-5H3,(H,25,32)(H,27,31). The van der Waals surface area contributed by atoms with E-state index >= 15 is 0 Å². The van der Waals surface area contributed by atoms with Crippen molar-refractivity contribution in [2.75, 3.05) is 6.54 Å². The van der Waals surface area contributed by atoms with Crippen LogP contribution in [0.5, 0.6) is 17.5 Å². The fraction of sp³-hybridized carbons (Fsp3) is 0.375. The first kappa shape index (κ1) is 23.9. The molecule has 1 amide bonds. The van der Waals surface area contributed by atoms with Crippen LogP contribution in [0.3, 0.4) is 0 Å². The molecule has 0 spiro atoms. The zero-order valence-electron chi connectivity index (χ0n) is 19.5. The number of hydrogen-bond donors (Lipinski definition) is 4. The number of aromatic hydroxyl groups is 3. The van der Waals surface area contributed by atoms with E-state index in [9.17, 15) is 20.1 Å². The maximum Gasteiger partial charge on any atom is 0.407 e. The number of phenolic OH excluding ortho intramolecular Hbond substituents is 2. The second kappa shape index (κ2) is 9.40. The largest absolute Gasteiger partial charge is 0.508 e. The van der Waals surface area contributed by atoms with Crippen LogP contribution in [-0.4, -0.2) is 48.3 Å². The van der Waals surface area contributed by atoms with Crippen molar-refractivity contribution >= 4 is 6.09 Å². The lowest BCUT2D eigenvalue weighted by atomic mass is 9.98. The zero-order valence-corrected chi connectivity index (χ0v) is 19.5. The van der Waals surface area contributed by atoms with Gasteiger partial charge in [-0.2, -0.15) is 0 Å². The van der Waals surface area contributed by atoms with Crippen molar-refractivity contribution in [1.29, 1.82) is 0 Å². The number of benzene rings is 2. The summed E-state index contributed by atoms with van der Waals surface area (Å²) in [6.07, 6.45) is 0.129. The molecule has 0 aliphatic rings. The normalized spacial score (nSPS) is 11.6. The first-order valence-electron chi connectivity index (χ1n) is 10.7. The van der Waals surface area contributed by atoms with Gasteiger partial charge in [0.15, 0.2) is 5.82 Å². The third-order valence-electron chi connectivity index (χ3n) is 4.93. The van der Waals surface area contributed by atoms with Gasteiger partial charge in [0, 0.05) is 12.6 Å². The maximum absolute atomic E-state index is 11.8. The highest BCUT2D eigenvalue weighted by atomic mass is 16.6. The van der Waals surface area contributed by atoms with Crippen molar-refractivity contribution in [1.82, 2.24) is 20.1 Å². The molecule has 176 valence electrons. The average molecular weight is 455 g/mol. The first-order chi connectivity index (χ1) is 15.5. The minimum atomic E-state index is -0.549. The van der Waals surface area contributed by atoms with Crippen molar-refractivity contribution in [3.8, 4) is 34.6 Å². The Labute approximate surface area is 192 Å². The number of amides is 1. The van der Waals surface area contributed by atoms with Crippen molar-refractivity contribution in [2.45, 2.75) is 52.6 Å². The molecule has 9 heteroatoms. The highest BCUT2D eigenvalue weighted by molar-refractivity contribution is 5.70. The van der Waals surface area contributed by atoms with E-state index in [4.69, 9.17) is 4.74 Å². The monoisotopic (exact) mass is 454 g/mol. The van der Waals surface area contributed by atoms with Gasteiger partial charge in [-0.05, 0) is 62.4 Å². The summed E-state index contributed by atoms with van der Waals surface area (Å²) in [5.41, 5.74) is 2.00. The highest BCUT2D eigenvalue weighted by Gasteiger charge is 2.21. The molecule has 3 rings (SSSR count). The summed E-state index contributed by atoms with van der Waals surface area (Å²) in [7, 11) is 0. The molecule has 0 atom stereocenters. The number of nitrogens with zero attached hydrogens (tertiary/aromatic N) is 3. The first-order valence-corrected chi connectivity index (χ1v) is 10.7. The summed E-state index contributed by atoms with van der Waals surface area (Å²) in [6.45, 7) is 9.68. The predicted octanol–water partition coefficient (Wildman–Crippen LogP) is 4.24. The minimum Gasteiger partial charge on any atom is -0.508 e. The Morgan fingerprint density at radius 2 is 1.73 bits per heavy atom. The van der Waals surface area contributed by atoms with Crippen LogP contribution < -0.4 is 5.32 Å². The van der Waals surface area contributed by atoms with Gasteiger partial charge >= 0.3 is 12.1 Å². The van der Waals surface area contributed by atoms with Crippen LogP contribution in [0.25, 0.3) is 17.1 Å². The lowest BCUT2D eigenvalue weighted by Gasteiger charge is -2.19. The number of carbonyl (C=O) groups excluding carboxylic acids is 1. The summed E-state index contributed by atoms with van der Waals surface area (Å²) in [6, 6.07) is 9.89. The summed E-state index contributed by atoms with van der Waals surface area (Å²) < 4.78 is 6.64. The Morgan fingerprint density at radius 3 is 2.33 bits per heavy atom. The number of aromatic nitrogens is 3. The molecule has 0 bridgehead atoms. The molecule has 2 aromatic carbocycles. The fourth-order valence-electron chi connectivity index (χ4n) is 3.36. The molecule has 4 N–H and O–H groups in total. The molecule has 0 saturated carbocycles. The Kier molecular flexibility index (Phi) is 6.81. The number of ether oxygens (including phenoxy) is 1. The quantitative estimate of drug-likeness (QED) is 0.438. The van der Waals surface area contributed by atoms with Gasteiger partial charge < -0.3 is 25.4 Å². The fourth-order valence-corrected chi connectivity index (χ4v) is 3.36. The second-order valence-electron chi connectivity index (χ2n) is 9.09. The third kappa shape index (κ3) is 5.74. The van der Waals surface area contributed by atoms with E-state index in [1.54, 1.807) is 18.2 Å². The molecule has 3 aromatic rings.